The molecular formula is C17H20ClFN2. The first-order valence-corrected chi connectivity index (χ1v) is 7.37. The second-order valence-corrected chi connectivity index (χ2v) is 5.52. The molecule has 1 N–H and O–H groups in total. The predicted molar refractivity (Wildman–Crippen MR) is 87.5 cm³/mol. The van der Waals surface area contributed by atoms with Gasteiger partial charge in [-0.2, -0.15) is 0 Å². The van der Waals surface area contributed by atoms with Crippen LogP contribution in [0.25, 0.3) is 0 Å². The Bertz CT molecular complexity index is 589. The predicted octanol–water partition coefficient (Wildman–Crippen LogP) is 4.27. The molecule has 2 aromatic carbocycles. The van der Waals surface area contributed by atoms with Crippen LogP contribution < -0.4 is 10.2 Å². The average Bonchev–Trinajstić information content (AvgIpc) is 2.48. The normalized spacial score (nSPS) is 12.2. The molecule has 0 amide bonds. The highest BCUT2D eigenvalue weighted by Gasteiger charge is 2.11. The molecule has 0 aliphatic carbocycles. The molecule has 1 unspecified atom stereocenters. The van der Waals surface area contributed by atoms with Crippen LogP contribution in [-0.4, -0.2) is 20.6 Å². The first kappa shape index (κ1) is 15.8. The molecule has 0 radical (unpaired) electrons. The van der Waals surface area contributed by atoms with Crippen molar-refractivity contribution in [1.29, 1.82) is 0 Å². The standard InChI is InChI=1S/C17H20ClFN2/c1-20-17(13-5-3-6-14(18)11-13)9-10-21(2)16-8-4-7-15(19)12-16/h3-8,11-12,17,20H,9-10H2,1-2H3. The SMILES string of the molecule is CNC(CCN(C)c1cccc(F)c1)c1cccc(Cl)c1. The molecule has 0 aliphatic rings. The lowest BCUT2D eigenvalue weighted by atomic mass is 10.0. The van der Waals surface area contributed by atoms with E-state index in [9.17, 15) is 4.39 Å². The summed E-state index contributed by atoms with van der Waals surface area (Å²) >= 11 is 6.04. The van der Waals surface area contributed by atoms with Gasteiger partial charge in [-0.05, 0) is 49.4 Å². The van der Waals surface area contributed by atoms with Crippen molar-refractivity contribution in [1.82, 2.24) is 5.32 Å². The highest BCUT2D eigenvalue weighted by atomic mass is 35.5. The molecule has 0 spiro atoms. The number of hydrogen-bond donors (Lipinski definition) is 1. The Morgan fingerprint density at radius 1 is 1.19 bits per heavy atom. The zero-order valence-corrected chi connectivity index (χ0v) is 13.1. The van der Waals surface area contributed by atoms with Gasteiger partial charge >= 0.3 is 0 Å². The van der Waals surface area contributed by atoms with Gasteiger partial charge < -0.3 is 10.2 Å². The summed E-state index contributed by atoms with van der Waals surface area (Å²) in [6.07, 6.45) is 0.907. The largest absolute Gasteiger partial charge is 0.374 e. The first-order valence-electron chi connectivity index (χ1n) is 6.99. The summed E-state index contributed by atoms with van der Waals surface area (Å²) in [4.78, 5) is 2.05. The summed E-state index contributed by atoms with van der Waals surface area (Å²) in [6, 6.07) is 14.7. The molecule has 2 aromatic rings. The van der Waals surface area contributed by atoms with Gasteiger partial charge in [-0.15, -0.1) is 0 Å². The Balaban J connectivity index is 2.00. The lowest BCUT2D eigenvalue weighted by molar-refractivity contribution is 0.549. The van der Waals surface area contributed by atoms with Crippen LogP contribution in [0.4, 0.5) is 10.1 Å². The van der Waals surface area contributed by atoms with Crippen LogP contribution in [0.3, 0.4) is 0 Å². The number of nitrogens with one attached hydrogen (secondary N) is 1. The van der Waals surface area contributed by atoms with Gasteiger partial charge in [-0.3, -0.25) is 0 Å². The van der Waals surface area contributed by atoms with Gasteiger partial charge in [0.25, 0.3) is 0 Å². The van der Waals surface area contributed by atoms with Crippen LogP contribution in [0.1, 0.15) is 18.0 Å². The molecule has 2 nitrogen and oxygen atoms in total. The lowest BCUT2D eigenvalue weighted by Gasteiger charge is -2.23. The maximum Gasteiger partial charge on any atom is 0.125 e. The fraction of sp³-hybridized carbons (Fsp3) is 0.294. The second kappa shape index (κ2) is 7.43. The van der Waals surface area contributed by atoms with Crippen molar-refractivity contribution < 1.29 is 4.39 Å². The zero-order valence-electron chi connectivity index (χ0n) is 12.3. The highest BCUT2D eigenvalue weighted by Crippen LogP contribution is 2.22. The number of anilines is 1. The second-order valence-electron chi connectivity index (χ2n) is 5.09. The lowest BCUT2D eigenvalue weighted by Crippen LogP contribution is -2.25. The Morgan fingerprint density at radius 2 is 1.95 bits per heavy atom. The summed E-state index contributed by atoms with van der Waals surface area (Å²) in [5.41, 5.74) is 2.05. The van der Waals surface area contributed by atoms with Crippen molar-refractivity contribution >= 4 is 17.3 Å². The number of halogens is 2. The summed E-state index contributed by atoms with van der Waals surface area (Å²) in [7, 11) is 3.91. The van der Waals surface area contributed by atoms with Crippen molar-refractivity contribution in [3.05, 3.63) is 64.9 Å². The fourth-order valence-corrected chi connectivity index (χ4v) is 2.57. The molecule has 0 fully saturated rings. The molecule has 0 bridgehead atoms. The van der Waals surface area contributed by atoms with Gasteiger partial charge in [0.05, 0.1) is 0 Å². The van der Waals surface area contributed by atoms with Crippen LogP contribution in [0, 0.1) is 5.82 Å². The molecule has 21 heavy (non-hydrogen) atoms. The van der Waals surface area contributed by atoms with E-state index < -0.39 is 0 Å². The Morgan fingerprint density at radius 3 is 2.62 bits per heavy atom. The van der Waals surface area contributed by atoms with E-state index in [4.69, 9.17) is 11.6 Å². The van der Waals surface area contributed by atoms with Crippen molar-refractivity contribution in [3.8, 4) is 0 Å². The maximum atomic E-state index is 13.2. The van der Waals surface area contributed by atoms with E-state index in [0.29, 0.717) is 0 Å². The van der Waals surface area contributed by atoms with E-state index in [1.54, 1.807) is 12.1 Å². The Kier molecular flexibility index (Phi) is 5.59. The van der Waals surface area contributed by atoms with E-state index in [1.807, 2.05) is 38.4 Å². The molecule has 0 aromatic heterocycles. The Hall–Kier alpha value is -1.58. The average molecular weight is 307 g/mol. The van der Waals surface area contributed by atoms with E-state index in [2.05, 4.69) is 16.3 Å². The molecule has 0 saturated carbocycles. The fourth-order valence-electron chi connectivity index (χ4n) is 2.37. The smallest absolute Gasteiger partial charge is 0.125 e. The summed E-state index contributed by atoms with van der Waals surface area (Å²) in [6.45, 7) is 0.821. The number of benzene rings is 2. The van der Waals surface area contributed by atoms with E-state index in [-0.39, 0.29) is 11.9 Å². The van der Waals surface area contributed by atoms with Crippen LogP contribution in [0.15, 0.2) is 48.5 Å². The summed E-state index contributed by atoms with van der Waals surface area (Å²) < 4.78 is 13.2. The zero-order chi connectivity index (χ0) is 15.2. The third-order valence-corrected chi connectivity index (χ3v) is 3.84. The summed E-state index contributed by atoms with van der Waals surface area (Å²) in [5, 5.41) is 4.05. The molecule has 4 heteroatoms. The van der Waals surface area contributed by atoms with Gasteiger partial charge in [-0.1, -0.05) is 29.8 Å². The molecule has 0 saturated heterocycles. The minimum absolute atomic E-state index is 0.209. The van der Waals surface area contributed by atoms with Gasteiger partial charge in [-0.25, -0.2) is 4.39 Å². The number of rotatable bonds is 6. The number of hydrogen-bond acceptors (Lipinski definition) is 2. The van der Waals surface area contributed by atoms with Crippen molar-refractivity contribution in [2.24, 2.45) is 0 Å². The molecule has 0 aliphatic heterocycles. The molecule has 112 valence electrons. The molecular weight excluding hydrogens is 287 g/mol. The van der Waals surface area contributed by atoms with Gasteiger partial charge in [0.1, 0.15) is 5.82 Å². The van der Waals surface area contributed by atoms with E-state index >= 15 is 0 Å². The molecule has 0 heterocycles. The van der Waals surface area contributed by atoms with Crippen LogP contribution in [-0.2, 0) is 0 Å². The van der Waals surface area contributed by atoms with Gasteiger partial charge in [0.2, 0.25) is 0 Å². The van der Waals surface area contributed by atoms with E-state index in [1.165, 1.54) is 6.07 Å². The highest BCUT2D eigenvalue weighted by molar-refractivity contribution is 6.30. The van der Waals surface area contributed by atoms with Crippen molar-refractivity contribution in [3.63, 3.8) is 0 Å². The van der Waals surface area contributed by atoms with Crippen molar-refractivity contribution in [2.45, 2.75) is 12.5 Å². The topological polar surface area (TPSA) is 15.3 Å². The minimum Gasteiger partial charge on any atom is -0.374 e. The monoisotopic (exact) mass is 306 g/mol. The third kappa shape index (κ3) is 4.45. The van der Waals surface area contributed by atoms with Gasteiger partial charge in [0, 0.05) is 30.3 Å². The quantitative estimate of drug-likeness (QED) is 0.857. The van der Waals surface area contributed by atoms with Crippen molar-refractivity contribution in [2.75, 3.05) is 25.5 Å². The maximum absolute atomic E-state index is 13.2. The first-order chi connectivity index (χ1) is 10.1. The van der Waals surface area contributed by atoms with Crippen LogP contribution >= 0.6 is 11.6 Å². The molecule has 1 atom stereocenters. The summed E-state index contributed by atoms with van der Waals surface area (Å²) in [5.74, 6) is -0.209. The van der Waals surface area contributed by atoms with E-state index in [0.717, 1.165) is 29.2 Å². The van der Waals surface area contributed by atoms with Crippen LogP contribution in [0.2, 0.25) is 5.02 Å². The van der Waals surface area contributed by atoms with Crippen LogP contribution in [0.5, 0.6) is 0 Å². The van der Waals surface area contributed by atoms with Gasteiger partial charge in [0.15, 0.2) is 0 Å². The number of nitrogens with zero attached hydrogens (tertiary/aromatic N) is 1. The molecule has 2 rings (SSSR count). The Labute approximate surface area is 130 Å². The third-order valence-electron chi connectivity index (χ3n) is 3.60. The minimum atomic E-state index is -0.209.